The molecule has 0 radical (unpaired) electrons. The molecule has 0 bridgehead atoms. The van der Waals surface area contributed by atoms with Crippen molar-refractivity contribution in [3.63, 3.8) is 0 Å². The highest BCUT2D eigenvalue weighted by Crippen LogP contribution is 1.81. The van der Waals surface area contributed by atoms with Crippen molar-refractivity contribution >= 4 is 5.91 Å². The van der Waals surface area contributed by atoms with E-state index < -0.39 is 5.91 Å². The van der Waals surface area contributed by atoms with E-state index >= 15 is 0 Å². The van der Waals surface area contributed by atoms with Gasteiger partial charge in [0.15, 0.2) is 0 Å². The lowest BCUT2D eigenvalue weighted by atomic mass is 10.4. The molecule has 0 atom stereocenters. The van der Waals surface area contributed by atoms with Crippen LogP contribution in [0.3, 0.4) is 0 Å². The molecule has 2 nitrogen and oxygen atoms in total. The Labute approximate surface area is 61.7 Å². The summed E-state index contributed by atoms with van der Waals surface area (Å²) < 4.78 is 0. The molecular formula is C8H13NO. The van der Waals surface area contributed by atoms with Crippen molar-refractivity contribution in [2.75, 3.05) is 0 Å². The second-order valence-electron chi connectivity index (χ2n) is 1.66. The van der Waals surface area contributed by atoms with Crippen LogP contribution in [0.15, 0.2) is 37.5 Å². The van der Waals surface area contributed by atoms with E-state index in [-0.39, 0.29) is 0 Å². The fraction of sp³-hybridized carbons (Fsp3) is 0.125. The second-order valence-corrected chi connectivity index (χ2v) is 1.66. The summed E-state index contributed by atoms with van der Waals surface area (Å²) in [7, 11) is 0. The highest BCUT2D eigenvalue weighted by molar-refractivity contribution is 5.84. The number of hydrogen-bond donors (Lipinski definition) is 1. The van der Waals surface area contributed by atoms with Crippen LogP contribution in [0.1, 0.15) is 6.92 Å². The molecule has 0 aliphatic rings. The van der Waals surface area contributed by atoms with Gasteiger partial charge in [-0.2, -0.15) is 0 Å². The van der Waals surface area contributed by atoms with E-state index in [4.69, 9.17) is 0 Å². The van der Waals surface area contributed by atoms with Crippen LogP contribution in [0, 0.1) is 0 Å². The van der Waals surface area contributed by atoms with E-state index in [0.29, 0.717) is 0 Å². The van der Waals surface area contributed by atoms with Gasteiger partial charge in [-0.1, -0.05) is 31.4 Å². The van der Waals surface area contributed by atoms with Crippen molar-refractivity contribution in [3.05, 3.63) is 37.5 Å². The minimum Gasteiger partial charge on any atom is -0.366 e. The van der Waals surface area contributed by atoms with Crippen molar-refractivity contribution in [2.45, 2.75) is 6.92 Å². The second kappa shape index (κ2) is 7.69. The molecule has 0 aromatic heterocycles. The third-order valence-corrected chi connectivity index (χ3v) is 0.550. The van der Waals surface area contributed by atoms with Gasteiger partial charge in [-0.25, -0.2) is 0 Å². The first-order chi connectivity index (χ1) is 4.54. The molecule has 2 heteroatoms. The number of carbonyl (C=O) groups is 1. The third-order valence-electron chi connectivity index (χ3n) is 0.550. The van der Waals surface area contributed by atoms with Gasteiger partial charge in [-0.05, 0) is 13.0 Å². The van der Waals surface area contributed by atoms with Crippen molar-refractivity contribution in [1.82, 2.24) is 0 Å². The zero-order valence-electron chi connectivity index (χ0n) is 6.26. The van der Waals surface area contributed by atoms with Crippen LogP contribution in [0.2, 0.25) is 0 Å². The molecule has 0 rings (SSSR count). The maximum atomic E-state index is 9.47. The van der Waals surface area contributed by atoms with E-state index in [0.717, 1.165) is 11.6 Å². The standard InChI is InChI=1S/C5H8.C3H5NO/c1-4-5(2)3;1-2-3(4)5/h4H,1-2H2,3H3;2H,1H2,(H2,4,5). The quantitative estimate of drug-likeness (QED) is 0.456. The summed E-state index contributed by atoms with van der Waals surface area (Å²) in [6.45, 7) is 12.0. The average molecular weight is 139 g/mol. The predicted molar refractivity (Wildman–Crippen MR) is 44.4 cm³/mol. The predicted octanol–water partition coefficient (Wildman–Crippen LogP) is 1.41. The van der Waals surface area contributed by atoms with E-state index in [2.05, 4.69) is 25.5 Å². The van der Waals surface area contributed by atoms with Crippen LogP contribution >= 0.6 is 0 Å². The number of carbonyl (C=O) groups excluding carboxylic acids is 1. The molecule has 0 aromatic carbocycles. The molecule has 0 saturated carbocycles. The van der Waals surface area contributed by atoms with Crippen LogP contribution in [0.25, 0.3) is 0 Å². The van der Waals surface area contributed by atoms with Crippen LogP contribution in [0.5, 0.6) is 0 Å². The number of nitrogens with two attached hydrogens (primary N) is 1. The topological polar surface area (TPSA) is 43.1 Å². The number of allylic oxidation sites excluding steroid dienone is 2. The number of amides is 1. The highest BCUT2D eigenvalue weighted by Gasteiger charge is 1.69. The summed E-state index contributed by atoms with van der Waals surface area (Å²) in [6, 6.07) is 0. The maximum absolute atomic E-state index is 9.47. The van der Waals surface area contributed by atoms with Crippen LogP contribution < -0.4 is 5.73 Å². The Kier molecular flexibility index (Phi) is 8.83. The Morgan fingerprint density at radius 2 is 1.60 bits per heavy atom. The van der Waals surface area contributed by atoms with Crippen molar-refractivity contribution in [2.24, 2.45) is 5.73 Å². The molecule has 0 spiro atoms. The molecule has 0 aliphatic carbocycles. The molecule has 0 aliphatic heterocycles. The zero-order chi connectivity index (χ0) is 8.57. The monoisotopic (exact) mass is 139 g/mol. The van der Waals surface area contributed by atoms with Gasteiger partial charge in [-0.3, -0.25) is 4.79 Å². The highest BCUT2D eigenvalue weighted by atomic mass is 16.1. The Morgan fingerprint density at radius 1 is 1.40 bits per heavy atom. The van der Waals surface area contributed by atoms with Gasteiger partial charge in [0.2, 0.25) is 5.91 Å². The fourth-order valence-corrected chi connectivity index (χ4v) is 0. The minimum absolute atomic E-state index is 0.481. The Hall–Kier alpha value is -1.31. The molecule has 0 saturated heterocycles. The van der Waals surface area contributed by atoms with Crippen LogP contribution in [-0.2, 0) is 4.79 Å². The first kappa shape index (κ1) is 11.5. The molecule has 2 N–H and O–H groups in total. The Morgan fingerprint density at radius 3 is 1.60 bits per heavy atom. The SMILES string of the molecule is C=CC(=C)C.C=CC(N)=O. The molecule has 0 unspecified atom stereocenters. The summed E-state index contributed by atoms with van der Waals surface area (Å²) in [6.07, 6.45) is 2.78. The number of primary amides is 1. The maximum Gasteiger partial charge on any atom is 0.240 e. The number of rotatable bonds is 2. The summed E-state index contributed by atoms with van der Waals surface area (Å²) in [5.41, 5.74) is 5.55. The minimum atomic E-state index is -0.481. The van der Waals surface area contributed by atoms with Gasteiger partial charge in [0.25, 0.3) is 0 Å². The summed E-state index contributed by atoms with van der Waals surface area (Å²) >= 11 is 0. The van der Waals surface area contributed by atoms with Gasteiger partial charge >= 0.3 is 0 Å². The average Bonchev–Trinajstić information content (AvgIpc) is 1.89. The van der Waals surface area contributed by atoms with Gasteiger partial charge in [0, 0.05) is 0 Å². The molecule has 1 amide bonds. The van der Waals surface area contributed by atoms with Crippen LogP contribution in [0.4, 0.5) is 0 Å². The lowest BCUT2D eigenvalue weighted by molar-refractivity contribution is -0.113. The van der Waals surface area contributed by atoms with E-state index in [1.807, 2.05) is 6.92 Å². The van der Waals surface area contributed by atoms with E-state index in [1.54, 1.807) is 6.08 Å². The fourth-order valence-electron chi connectivity index (χ4n) is 0. The van der Waals surface area contributed by atoms with Crippen molar-refractivity contribution in [1.29, 1.82) is 0 Å². The molecule has 0 aromatic rings. The van der Waals surface area contributed by atoms with Gasteiger partial charge in [0.1, 0.15) is 0 Å². The van der Waals surface area contributed by atoms with Gasteiger partial charge in [0.05, 0.1) is 0 Å². The lowest BCUT2D eigenvalue weighted by Crippen LogP contribution is -2.04. The lowest BCUT2D eigenvalue weighted by Gasteiger charge is -1.71. The number of hydrogen-bond acceptors (Lipinski definition) is 1. The molecule has 0 heterocycles. The van der Waals surface area contributed by atoms with E-state index in [9.17, 15) is 4.79 Å². The third kappa shape index (κ3) is 29.9. The first-order valence-corrected chi connectivity index (χ1v) is 2.74. The largest absolute Gasteiger partial charge is 0.366 e. The smallest absolute Gasteiger partial charge is 0.240 e. The first-order valence-electron chi connectivity index (χ1n) is 2.74. The van der Waals surface area contributed by atoms with E-state index in [1.165, 1.54) is 0 Å². The van der Waals surface area contributed by atoms with Crippen molar-refractivity contribution < 1.29 is 4.79 Å². The molecular weight excluding hydrogens is 126 g/mol. The Bertz CT molecular complexity index is 129. The summed E-state index contributed by atoms with van der Waals surface area (Å²) in [5, 5.41) is 0. The Balaban J connectivity index is 0. The summed E-state index contributed by atoms with van der Waals surface area (Å²) in [4.78, 5) is 9.47. The van der Waals surface area contributed by atoms with Crippen molar-refractivity contribution in [3.8, 4) is 0 Å². The van der Waals surface area contributed by atoms with Crippen LogP contribution in [-0.4, -0.2) is 5.91 Å². The molecule has 10 heavy (non-hydrogen) atoms. The zero-order valence-corrected chi connectivity index (χ0v) is 6.26. The molecule has 56 valence electrons. The normalized spacial score (nSPS) is 6.50. The molecule has 0 fully saturated rings. The summed E-state index contributed by atoms with van der Waals surface area (Å²) in [5.74, 6) is -0.481. The van der Waals surface area contributed by atoms with Gasteiger partial charge < -0.3 is 5.73 Å². The van der Waals surface area contributed by atoms with Gasteiger partial charge in [-0.15, -0.1) is 0 Å².